The highest BCUT2D eigenvalue weighted by Gasteiger charge is 2.30. The molecule has 122 valence electrons. The lowest BCUT2D eigenvalue weighted by Gasteiger charge is -2.10. The molecule has 0 unspecified atom stereocenters. The fourth-order valence-corrected chi connectivity index (χ4v) is 2.59. The van der Waals surface area contributed by atoms with Gasteiger partial charge in [-0.3, -0.25) is 4.79 Å². The number of hydrogen-bond acceptors (Lipinski definition) is 1. The molecule has 0 heterocycles. The van der Waals surface area contributed by atoms with Crippen LogP contribution in [0.3, 0.4) is 0 Å². The highest BCUT2D eigenvalue weighted by molar-refractivity contribution is 6.36. The van der Waals surface area contributed by atoms with Crippen molar-refractivity contribution in [3.63, 3.8) is 0 Å². The van der Waals surface area contributed by atoms with E-state index in [-0.39, 0.29) is 12.1 Å². The average Bonchev–Trinajstić information content (AvgIpc) is 2.46. The number of carbonyl (C=O) groups excluding carboxylic acids is 1. The molecule has 0 aromatic heterocycles. The number of benzene rings is 2. The topological polar surface area (TPSA) is 29.1 Å². The smallest absolute Gasteiger partial charge is 0.326 e. The maximum atomic E-state index is 12.6. The van der Waals surface area contributed by atoms with E-state index in [0.717, 1.165) is 12.1 Å². The first-order chi connectivity index (χ1) is 10.8. The van der Waals surface area contributed by atoms with Gasteiger partial charge in [0.25, 0.3) is 0 Å². The normalized spacial score (nSPS) is 11.3. The summed E-state index contributed by atoms with van der Waals surface area (Å²) in [7, 11) is 0. The second-order valence-electron chi connectivity index (χ2n) is 4.83. The van der Waals surface area contributed by atoms with E-state index in [1.54, 1.807) is 18.2 Å². The van der Waals surface area contributed by atoms with Crippen LogP contribution in [0, 0.1) is 0 Å². The van der Waals surface area contributed by atoms with Gasteiger partial charge in [-0.05, 0) is 42.3 Å². The number of carbonyl (C=O) groups is 1. The highest BCUT2D eigenvalue weighted by atomic mass is 35.5. The third-order valence-electron chi connectivity index (χ3n) is 3.14. The highest BCUT2D eigenvalue weighted by Crippen LogP contribution is 2.31. The van der Waals surface area contributed by atoms with Crippen LogP contribution in [0.25, 0.3) is 0 Å². The van der Waals surface area contributed by atoms with Gasteiger partial charge in [-0.2, -0.15) is 13.2 Å². The lowest BCUT2D eigenvalue weighted by molar-refractivity contribution is -0.137. The molecule has 7 heteroatoms. The second kappa shape index (κ2) is 7.23. The van der Waals surface area contributed by atoms with Crippen LogP contribution in [0.15, 0.2) is 42.5 Å². The van der Waals surface area contributed by atoms with Gasteiger partial charge in [0, 0.05) is 22.2 Å². The second-order valence-corrected chi connectivity index (χ2v) is 5.64. The largest absolute Gasteiger partial charge is 0.416 e. The zero-order valence-corrected chi connectivity index (χ0v) is 13.3. The third kappa shape index (κ3) is 4.88. The first-order valence-corrected chi connectivity index (χ1v) is 7.43. The van der Waals surface area contributed by atoms with Crippen LogP contribution < -0.4 is 5.32 Å². The minimum atomic E-state index is -4.45. The number of amides is 1. The SMILES string of the molecule is O=C(CCc1c(Cl)cccc1Cl)Nc1cccc(C(F)(F)F)c1. The van der Waals surface area contributed by atoms with Crippen molar-refractivity contribution in [2.45, 2.75) is 19.0 Å². The van der Waals surface area contributed by atoms with Crippen LogP contribution in [0.1, 0.15) is 17.5 Å². The summed E-state index contributed by atoms with van der Waals surface area (Å²) in [5.41, 5.74) is -0.0884. The van der Waals surface area contributed by atoms with Gasteiger partial charge in [-0.25, -0.2) is 0 Å². The molecular weight excluding hydrogens is 350 g/mol. The van der Waals surface area contributed by atoms with Crippen molar-refractivity contribution < 1.29 is 18.0 Å². The summed E-state index contributed by atoms with van der Waals surface area (Å²) >= 11 is 12.0. The standard InChI is InChI=1S/C16H12Cl2F3NO/c17-13-5-2-6-14(18)12(13)7-8-15(23)22-11-4-1-3-10(9-11)16(19,20)21/h1-6,9H,7-8H2,(H,22,23). The lowest BCUT2D eigenvalue weighted by atomic mass is 10.1. The minimum Gasteiger partial charge on any atom is -0.326 e. The van der Waals surface area contributed by atoms with Crippen molar-refractivity contribution in [2.75, 3.05) is 5.32 Å². The van der Waals surface area contributed by atoms with Crippen molar-refractivity contribution in [1.82, 2.24) is 0 Å². The summed E-state index contributed by atoms with van der Waals surface area (Å²) in [6.07, 6.45) is -4.10. The van der Waals surface area contributed by atoms with Gasteiger partial charge in [-0.15, -0.1) is 0 Å². The van der Waals surface area contributed by atoms with Crippen LogP contribution in [0.2, 0.25) is 10.0 Å². The summed E-state index contributed by atoms with van der Waals surface area (Å²) in [5.74, 6) is -0.416. The number of anilines is 1. The fraction of sp³-hybridized carbons (Fsp3) is 0.188. The molecule has 0 aliphatic rings. The maximum Gasteiger partial charge on any atom is 0.416 e. The quantitative estimate of drug-likeness (QED) is 0.756. The summed E-state index contributed by atoms with van der Waals surface area (Å²) < 4.78 is 37.9. The molecule has 0 aliphatic carbocycles. The molecule has 2 aromatic carbocycles. The zero-order chi connectivity index (χ0) is 17.0. The van der Waals surface area contributed by atoms with E-state index < -0.39 is 17.6 Å². The lowest BCUT2D eigenvalue weighted by Crippen LogP contribution is -2.13. The van der Waals surface area contributed by atoms with E-state index in [9.17, 15) is 18.0 Å². The Morgan fingerprint density at radius 3 is 2.26 bits per heavy atom. The molecule has 1 amide bonds. The van der Waals surface area contributed by atoms with E-state index in [0.29, 0.717) is 22.0 Å². The van der Waals surface area contributed by atoms with E-state index in [4.69, 9.17) is 23.2 Å². The van der Waals surface area contributed by atoms with Crippen LogP contribution >= 0.6 is 23.2 Å². The average molecular weight is 362 g/mol. The molecule has 2 rings (SSSR count). The molecule has 0 bridgehead atoms. The fourth-order valence-electron chi connectivity index (χ4n) is 2.01. The monoisotopic (exact) mass is 361 g/mol. The molecule has 0 radical (unpaired) electrons. The predicted octanol–water partition coefficient (Wildman–Crippen LogP) is 5.58. The zero-order valence-electron chi connectivity index (χ0n) is 11.8. The van der Waals surface area contributed by atoms with Gasteiger partial charge in [-0.1, -0.05) is 35.3 Å². The van der Waals surface area contributed by atoms with Crippen LogP contribution in [-0.4, -0.2) is 5.91 Å². The van der Waals surface area contributed by atoms with Gasteiger partial charge in [0.1, 0.15) is 0 Å². The summed E-state index contributed by atoms with van der Waals surface area (Å²) in [5, 5.41) is 3.34. The number of nitrogens with one attached hydrogen (secondary N) is 1. The molecule has 0 aliphatic heterocycles. The van der Waals surface area contributed by atoms with E-state index >= 15 is 0 Å². The minimum absolute atomic E-state index is 0.0553. The van der Waals surface area contributed by atoms with Gasteiger partial charge in [0.15, 0.2) is 0 Å². The van der Waals surface area contributed by atoms with E-state index in [1.807, 2.05) is 0 Å². The molecule has 2 aromatic rings. The van der Waals surface area contributed by atoms with Crippen molar-refractivity contribution in [3.8, 4) is 0 Å². The van der Waals surface area contributed by atoms with Gasteiger partial charge < -0.3 is 5.32 Å². The Hall–Kier alpha value is -1.72. The Morgan fingerprint density at radius 2 is 1.65 bits per heavy atom. The Labute approximate surface area is 141 Å². The van der Waals surface area contributed by atoms with Crippen molar-refractivity contribution in [1.29, 1.82) is 0 Å². The van der Waals surface area contributed by atoms with Crippen LogP contribution in [0.5, 0.6) is 0 Å². The molecule has 0 spiro atoms. The summed E-state index contributed by atoms with van der Waals surface area (Å²) in [6.45, 7) is 0. The Bertz CT molecular complexity index is 696. The molecular formula is C16H12Cl2F3NO. The molecule has 0 saturated heterocycles. The Morgan fingerprint density at radius 1 is 1.04 bits per heavy atom. The third-order valence-corrected chi connectivity index (χ3v) is 3.85. The number of hydrogen-bond donors (Lipinski definition) is 1. The predicted molar refractivity (Wildman–Crippen MR) is 84.9 cm³/mol. The van der Waals surface area contributed by atoms with Gasteiger partial charge in [0.2, 0.25) is 5.91 Å². The summed E-state index contributed by atoms with van der Waals surface area (Å²) in [6, 6.07) is 9.48. The molecule has 23 heavy (non-hydrogen) atoms. The van der Waals surface area contributed by atoms with Gasteiger partial charge in [0.05, 0.1) is 5.56 Å². The first-order valence-electron chi connectivity index (χ1n) is 6.67. The van der Waals surface area contributed by atoms with Crippen LogP contribution in [0.4, 0.5) is 18.9 Å². The summed E-state index contributed by atoms with van der Waals surface area (Å²) in [4.78, 5) is 11.9. The van der Waals surface area contributed by atoms with Gasteiger partial charge >= 0.3 is 6.18 Å². The first kappa shape index (κ1) is 17.6. The number of rotatable bonds is 4. The Balaban J connectivity index is 2.00. The van der Waals surface area contributed by atoms with E-state index in [2.05, 4.69) is 5.32 Å². The molecule has 0 saturated carbocycles. The molecule has 1 N–H and O–H groups in total. The molecule has 0 atom stereocenters. The molecule has 0 fully saturated rings. The molecule has 2 nitrogen and oxygen atoms in total. The van der Waals surface area contributed by atoms with Crippen molar-refractivity contribution in [2.24, 2.45) is 0 Å². The van der Waals surface area contributed by atoms with Crippen molar-refractivity contribution in [3.05, 3.63) is 63.6 Å². The maximum absolute atomic E-state index is 12.6. The number of alkyl halides is 3. The van der Waals surface area contributed by atoms with E-state index in [1.165, 1.54) is 12.1 Å². The number of halogens is 5. The Kier molecular flexibility index (Phi) is 5.55. The van der Waals surface area contributed by atoms with Crippen molar-refractivity contribution >= 4 is 34.8 Å². The van der Waals surface area contributed by atoms with Crippen LogP contribution in [-0.2, 0) is 17.4 Å².